The molecule has 1 aliphatic carbocycles. The Morgan fingerprint density at radius 2 is 1.79 bits per heavy atom. The van der Waals surface area contributed by atoms with Gasteiger partial charge in [0, 0.05) is 6.04 Å². The monoisotopic (exact) mass is 201 g/mol. The lowest BCUT2D eigenvalue weighted by Gasteiger charge is -2.43. The quantitative estimate of drug-likeness (QED) is 0.615. The lowest BCUT2D eigenvalue weighted by atomic mass is 9.73. The molecule has 3 N–H and O–H groups in total. The van der Waals surface area contributed by atoms with Crippen LogP contribution in [-0.2, 0) is 0 Å². The Hall–Kier alpha value is -0.120. The molecule has 14 heavy (non-hydrogen) atoms. The first kappa shape index (κ1) is 12.0. The van der Waals surface area contributed by atoms with Gasteiger partial charge >= 0.3 is 0 Å². The highest BCUT2D eigenvalue weighted by Gasteiger charge is 2.35. The van der Waals surface area contributed by atoms with E-state index in [0.717, 1.165) is 11.8 Å². The van der Waals surface area contributed by atoms with E-state index in [-0.39, 0.29) is 13.2 Å². The Labute approximate surface area is 86.5 Å². The van der Waals surface area contributed by atoms with Crippen molar-refractivity contribution in [2.75, 3.05) is 13.2 Å². The van der Waals surface area contributed by atoms with Crippen molar-refractivity contribution in [1.82, 2.24) is 5.32 Å². The highest BCUT2D eigenvalue weighted by Crippen LogP contribution is 2.34. The Morgan fingerprint density at radius 1 is 1.29 bits per heavy atom. The molecule has 0 aromatic carbocycles. The van der Waals surface area contributed by atoms with Crippen LogP contribution in [0.2, 0.25) is 0 Å². The number of aliphatic hydroxyl groups is 2. The van der Waals surface area contributed by atoms with Crippen molar-refractivity contribution >= 4 is 0 Å². The smallest absolute Gasteiger partial charge is 0.0633 e. The molecular weight excluding hydrogens is 178 g/mol. The van der Waals surface area contributed by atoms with Crippen LogP contribution < -0.4 is 5.32 Å². The summed E-state index contributed by atoms with van der Waals surface area (Å²) >= 11 is 0. The second kappa shape index (κ2) is 4.60. The Balaban J connectivity index is 2.28. The molecule has 0 spiro atoms. The van der Waals surface area contributed by atoms with E-state index in [1.165, 1.54) is 12.8 Å². The van der Waals surface area contributed by atoms with Gasteiger partial charge in [0.15, 0.2) is 0 Å². The zero-order chi connectivity index (χ0) is 10.8. The second-order valence-corrected chi connectivity index (χ2v) is 5.19. The third-order valence-electron chi connectivity index (χ3n) is 3.37. The minimum Gasteiger partial charge on any atom is -0.394 e. The van der Waals surface area contributed by atoms with Gasteiger partial charge in [-0.15, -0.1) is 0 Å². The van der Waals surface area contributed by atoms with Gasteiger partial charge in [-0.3, -0.25) is 0 Å². The van der Waals surface area contributed by atoms with Crippen LogP contribution in [0.1, 0.15) is 33.6 Å². The van der Waals surface area contributed by atoms with Gasteiger partial charge in [0.2, 0.25) is 0 Å². The summed E-state index contributed by atoms with van der Waals surface area (Å²) in [5.41, 5.74) is -0.507. The molecule has 0 radical (unpaired) electrons. The van der Waals surface area contributed by atoms with Crippen LogP contribution in [0.3, 0.4) is 0 Å². The normalized spacial score (nSPS) is 27.9. The van der Waals surface area contributed by atoms with Crippen molar-refractivity contribution in [2.45, 2.75) is 45.2 Å². The van der Waals surface area contributed by atoms with E-state index < -0.39 is 5.54 Å². The predicted octanol–water partition coefficient (Wildman–Crippen LogP) is 0.754. The van der Waals surface area contributed by atoms with Crippen molar-refractivity contribution in [3.8, 4) is 0 Å². The third-order valence-corrected chi connectivity index (χ3v) is 3.37. The molecule has 3 nitrogen and oxygen atoms in total. The van der Waals surface area contributed by atoms with Gasteiger partial charge in [-0.05, 0) is 31.6 Å². The number of aliphatic hydroxyl groups excluding tert-OH is 2. The summed E-state index contributed by atoms with van der Waals surface area (Å²) in [4.78, 5) is 0. The Morgan fingerprint density at radius 3 is 2.14 bits per heavy atom. The van der Waals surface area contributed by atoms with Crippen LogP contribution in [0, 0.1) is 11.8 Å². The van der Waals surface area contributed by atoms with E-state index in [4.69, 9.17) is 10.2 Å². The fourth-order valence-corrected chi connectivity index (χ4v) is 1.96. The third kappa shape index (κ3) is 2.69. The minimum atomic E-state index is -0.507. The van der Waals surface area contributed by atoms with E-state index in [9.17, 15) is 0 Å². The average Bonchev–Trinajstić information content (AvgIpc) is 2.09. The first-order valence-electron chi connectivity index (χ1n) is 5.50. The molecule has 1 fully saturated rings. The molecule has 1 saturated carbocycles. The first-order chi connectivity index (χ1) is 6.50. The maximum atomic E-state index is 9.11. The van der Waals surface area contributed by atoms with Gasteiger partial charge < -0.3 is 15.5 Å². The maximum absolute atomic E-state index is 9.11. The van der Waals surface area contributed by atoms with Gasteiger partial charge in [-0.25, -0.2) is 0 Å². The maximum Gasteiger partial charge on any atom is 0.0633 e. The van der Waals surface area contributed by atoms with Gasteiger partial charge in [0.05, 0.1) is 18.8 Å². The summed E-state index contributed by atoms with van der Waals surface area (Å²) in [5, 5.41) is 21.5. The minimum absolute atomic E-state index is 0.00759. The van der Waals surface area contributed by atoms with E-state index in [1.54, 1.807) is 0 Å². The first-order valence-corrected chi connectivity index (χ1v) is 5.50. The molecule has 3 heteroatoms. The number of nitrogens with one attached hydrogen (secondary N) is 1. The molecule has 0 aromatic rings. The molecule has 1 rings (SSSR count). The standard InChI is InChI=1S/C11H23NO2/c1-8(2)9-4-10(5-9)12-11(3,6-13)7-14/h8-10,12-14H,4-7H2,1-3H3. The summed E-state index contributed by atoms with van der Waals surface area (Å²) in [6.07, 6.45) is 2.35. The van der Waals surface area contributed by atoms with Crippen LogP contribution in [0.25, 0.3) is 0 Å². The van der Waals surface area contributed by atoms with Gasteiger partial charge in [0.1, 0.15) is 0 Å². The van der Waals surface area contributed by atoms with Crippen molar-refractivity contribution in [1.29, 1.82) is 0 Å². The van der Waals surface area contributed by atoms with Crippen molar-refractivity contribution in [3.63, 3.8) is 0 Å². The highest BCUT2D eigenvalue weighted by molar-refractivity contribution is 4.93. The van der Waals surface area contributed by atoms with Crippen molar-refractivity contribution in [3.05, 3.63) is 0 Å². The molecule has 0 heterocycles. The topological polar surface area (TPSA) is 52.5 Å². The van der Waals surface area contributed by atoms with E-state index in [1.807, 2.05) is 6.92 Å². The SMILES string of the molecule is CC(C)C1CC(NC(C)(CO)CO)C1. The largest absolute Gasteiger partial charge is 0.394 e. The molecule has 0 aromatic heterocycles. The molecule has 0 saturated heterocycles. The van der Waals surface area contributed by atoms with Crippen molar-refractivity contribution < 1.29 is 10.2 Å². The van der Waals surface area contributed by atoms with Crippen molar-refractivity contribution in [2.24, 2.45) is 11.8 Å². The van der Waals surface area contributed by atoms with E-state index in [0.29, 0.717) is 6.04 Å². The van der Waals surface area contributed by atoms with E-state index >= 15 is 0 Å². The fourth-order valence-electron chi connectivity index (χ4n) is 1.96. The van der Waals surface area contributed by atoms with Crippen LogP contribution in [0.5, 0.6) is 0 Å². The zero-order valence-electron chi connectivity index (χ0n) is 9.45. The Kier molecular flexibility index (Phi) is 3.93. The number of hydrogen-bond acceptors (Lipinski definition) is 3. The number of hydrogen-bond donors (Lipinski definition) is 3. The second-order valence-electron chi connectivity index (χ2n) is 5.19. The molecule has 84 valence electrons. The average molecular weight is 201 g/mol. The lowest BCUT2D eigenvalue weighted by Crippen LogP contribution is -2.57. The molecule has 0 atom stereocenters. The summed E-state index contributed by atoms with van der Waals surface area (Å²) in [6.45, 7) is 6.34. The summed E-state index contributed by atoms with van der Waals surface area (Å²) in [5.74, 6) is 1.57. The summed E-state index contributed by atoms with van der Waals surface area (Å²) < 4.78 is 0. The Bertz CT molecular complexity index is 172. The lowest BCUT2D eigenvalue weighted by molar-refractivity contribution is 0.0603. The summed E-state index contributed by atoms with van der Waals surface area (Å²) in [6, 6.07) is 0.478. The molecular formula is C11H23NO2. The number of rotatable bonds is 5. The summed E-state index contributed by atoms with van der Waals surface area (Å²) in [7, 11) is 0. The molecule has 1 aliphatic rings. The fraction of sp³-hybridized carbons (Fsp3) is 1.00. The molecule has 0 amide bonds. The zero-order valence-corrected chi connectivity index (χ0v) is 9.45. The molecule has 0 bridgehead atoms. The van der Waals surface area contributed by atoms with Gasteiger partial charge in [0.25, 0.3) is 0 Å². The molecule has 0 aliphatic heterocycles. The molecule has 0 unspecified atom stereocenters. The predicted molar refractivity (Wildman–Crippen MR) is 57.1 cm³/mol. The van der Waals surface area contributed by atoms with Gasteiger partial charge in [-0.1, -0.05) is 13.8 Å². The van der Waals surface area contributed by atoms with Crippen LogP contribution in [0.4, 0.5) is 0 Å². The van der Waals surface area contributed by atoms with Crippen LogP contribution >= 0.6 is 0 Å². The van der Waals surface area contributed by atoms with Crippen LogP contribution in [-0.4, -0.2) is 35.0 Å². The highest BCUT2D eigenvalue weighted by atomic mass is 16.3. The van der Waals surface area contributed by atoms with E-state index in [2.05, 4.69) is 19.2 Å². The van der Waals surface area contributed by atoms with Gasteiger partial charge in [-0.2, -0.15) is 0 Å². The van der Waals surface area contributed by atoms with Crippen LogP contribution in [0.15, 0.2) is 0 Å².